The first-order chi connectivity index (χ1) is 14.5. The summed E-state index contributed by atoms with van der Waals surface area (Å²) in [5, 5.41) is 0.731. The second kappa shape index (κ2) is 7.21. The first-order valence-corrected chi connectivity index (χ1v) is 10.2. The van der Waals surface area contributed by atoms with E-state index in [-0.39, 0.29) is 25.2 Å². The molecular formula is C23H26N2O6. The predicted molar refractivity (Wildman–Crippen MR) is 112 cm³/mol. The lowest BCUT2D eigenvalue weighted by atomic mass is 9.86. The Kier molecular flexibility index (Phi) is 4.91. The lowest BCUT2D eigenvalue weighted by Crippen LogP contribution is -2.47. The van der Waals surface area contributed by atoms with E-state index in [0.717, 1.165) is 10.9 Å². The highest BCUT2D eigenvalue weighted by Gasteiger charge is 2.55. The molecule has 1 aromatic heterocycles. The highest BCUT2D eigenvalue weighted by molar-refractivity contribution is 6.11. The fourth-order valence-electron chi connectivity index (χ4n) is 4.36. The Hall–Kier alpha value is -3.16. The summed E-state index contributed by atoms with van der Waals surface area (Å²) in [6.07, 6.45) is -0.466. The quantitative estimate of drug-likeness (QED) is 0.645. The minimum atomic E-state index is -1.05. The summed E-state index contributed by atoms with van der Waals surface area (Å²) in [5.74, 6) is -0.264. The number of pyridine rings is 1. The molecule has 1 amide bonds. The monoisotopic (exact) mass is 426 g/mol. The molecule has 1 saturated heterocycles. The molecule has 0 bridgehead atoms. The van der Waals surface area contributed by atoms with E-state index in [2.05, 4.69) is 4.98 Å². The van der Waals surface area contributed by atoms with Crippen LogP contribution in [-0.2, 0) is 14.3 Å². The third kappa shape index (κ3) is 3.71. The summed E-state index contributed by atoms with van der Waals surface area (Å²) in [6, 6.07) is 6.52. The largest absolute Gasteiger partial charge is 0.482 e. The van der Waals surface area contributed by atoms with Crippen molar-refractivity contribution >= 4 is 28.7 Å². The minimum Gasteiger partial charge on any atom is -0.482 e. The molecule has 31 heavy (non-hydrogen) atoms. The lowest BCUT2D eigenvalue weighted by molar-refractivity contribution is -0.145. The second-order valence-corrected chi connectivity index (χ2v) is 9.15. The van der Waals surface area contributed by atoms with E-state index < -0.39 is 29.3 Å². The second-order valence-electron chi connectivity index (χ2n) is 9.15. The van der Waals surface area contributed by atoms with Gasteiger partial charge in [0.1, 0.15) is 17.2 Å². The van der Waals surface area contributed by atoms with Gasteiger partial charge in [-0.3, -0.25) is 9.69 Å². The highest BCUT2D eigenvalue weighted by atomic mass is 16.6. The van der Waals surface area contributed by atoms with Gasteiger partial charge in [0, 0.05) is 11.8 Å². The van der Waals surface area contributed by atoms with Crippen LogP contribution in [0.1, 0.15) is 49.7 Å². The van der Waals surface area contributed by atoms with Crippen LogP contribution in [0, 0.1) is 6.92 Å². The standard InChI is InChI=1S/C23H26N2O6/c1-13-19-18(14-8-6-7-9-15(14)24-13)17(26)11-23(30-19)10-16(20(27)29-5)25(12-23)21(28)31-22(2,3)4/h6-9,16H,10-12H2,1-5H3. The molecule has 4 rings (SSSR count). The van der Waals surface area contributed by atoms with E-state index >= 15 is 0 Å². The zero-order chi connectivity index (χ0) is 22.6. The van der Waals surface area contributed by atoms with Crippen LogP contribution in [0.25, 0.3) is 10.9 Å². The van der Waals surface area contributed by atoms with Gasteiger partial charge in [-0.15, -0.1) is 0 Å². The van der Waals surface area contributed by atoms with E-state index in [1.165, 1.54) is 12.0 Å². The van der Waals surface area contributed by atoms with E-state index in [1.807, 2.05) is 24.3 Å². The van der Waals surface area contributed by atoms with Crippen LogP contribution < -0.4 is 4.74 Å². The summed E-state index contributed by atoms with van der Waals surface area (Å²) in [5.41, 5.74) is 0.0312. The van der Waals surface area contributed by atoms with Crippen molar-refractivity contribution in [2.24, 2.45) is 0 Å². The first kappa shape index (κ1) is 21.1. The highest BCUT2D eigenvalue weighted by Crippen LogP contribution is 2.44. The van der Waals surface area contributed by atoms with Crippen molar-refractivity contribution in [3.05, 3.63) is 35.5 Å². The molecule has 8 heteroatoms. The van der Waals surface area contributed by atoms with Gasteiger partial charge in [0.2, 0.25) is 0 Å². The lowest BCUT2D eigenvalue weighted by Gasteiger charge is -2.35. The van der Waals surface area contributed by atoms with Crippen LogP contribution in [0.5, 0.6) is 5.75 Å². The molecule has 2 aliphatic rings. The number of rotatable bonds is 1. The van der Waals surface area contributed by atoms with E-state index in [1.54, 1.807) is 27.7 Å². The zero-order valence-electron chi connectivity index (χ0n) is 18.4. The van der Waals surface area contributed by atoms with Crippen molar-refractivity contribution in [1.82, 2.24) is 9.88 Å². The normalized spacial score (nSPS) is 22.9. The molecular weight excluding hydrogens is 400 g/mol. The zero-order valence-corrected chi connectivity index (χ0v) is 18.4. The summed E-state index contributed by atoms with van der Waals surface area (Å²) in [4.78, 5) is 44.5. The number of aryl methyl sites for hydroxylation is 1. The number of carbonyl (C=O) groups excluding carboxylic acids is 3. The Labute approximate surface area is 180 Å². The molecule has 164 valence electrons. The van der Waals surface area contributed by atoms with Gasteiger partial charge in [0.05, 0.1) is 36.8 Å². The average molecular weight is 426 g/mol. The molecule has 0 radical (unpaired) electrons. The summed E-state index contributed by atoms with van der Waals surface area (Å²) in [6.45, 7) is 7.08. The predicted octanol–water partition coefficient (Wildman–Crippen LogP) is 3.43. The number of likely N-dealkylation sites (tertiary alicyclic amines) is 1. The van der Waals surface area contributed by atoms with Gasteiger partial charge in [-0.2, -0.15) is 0 Å². The number of para-hydroxylation sites is 1. The fourth-order valence-corrected chi connectivity index (χ4v) is 4.36. The molecule has 1 spiro atoms. The molecule has 1 fully saturated rings. The van der Waals surface area contributed by atoms with E-state index in [0.29, 0.717) is 17.0 Å². The molecule has 2 aliphatic heterocycles. The van der Waals surface area contributed by atoms with Gasteiger partial charge in [-0.25, -0.2) is 14.6 Å². The number of hydrogen-bond acceptors (Lipinski definition) is 7. The van der Waals surface area contributed by atoms with E-state index in [9.17, 15) is 14.4 Å². The smallest absolute Gasteiger partial charge is 0.411 e. The maximum atomic E-state index is 13.3. The molecule has 0 saturated carbocycles. The van der Waals surface area contributed by atoms with Gasteiger partial charge in [-0.1, -0.05) is 18.2 Å². The molecule has 8 nitrogen and oxygen atoms in total. The summed E-state index contributed by atoms with van der Waals surface area (Å²) in [7, 11) is 1.27. The van der Waals surface area contributed by atoms with Crippen molar-refractivity contribution in [3.63, 3.8) is 0 Å². The Morgan fingerprint density at radius 2 is 1.97 bits per heavy atom. The Balaban J connectivity index is 1.74. The number of carbonyl (C=O) groups is 3. The fraction of sp³-hybridized carbons (Fsp3) is 0.478. The van der Waals surface area contributed by atoms with Gasteiger partial charge in [0.25, 0.3) is 0 Å². The molecule has 1 aromatic carbocycles. The van der Waals surface area contributed by atoms with Crippen LogP contribution in [0.4, 0.5) is 4.79 Å². The number of amides is 1. The number of fused-ring (bicyclic) bond motifs is 3. The van der Waals surface area contributed by atoms with Crippen LogP contribution in [-0.4, -0.2) is 58.6 Å². The number of benzene rings is 1. The first-order valence-electron chi connectivity index (χ1n) is 10.2. The maximum Gasteiger partial charge on any atom is 0.411 e. The number of aromatic nitrogens is 1. The topological polar surface area (TPSA) is 95.0 Å². The number of Topliss-reactive ketones (excluding diaryl/α,β-unsaturated/α-hetero) is 1. The third-order valence-corrected chi connectivity index (χ3v) is 5.60. The van der Waals surface area contributed by atoms with Crippen LogP contribution in [0.3, 0.4) is 0 Å². The van der Waals surface area contributed by atoms with Crippen molar-refractivity contribution in [2.75, 3.05) is 13.7 Å². The Morgan fingerprint density at radius 3 is 2.65 bits per heavy atom. The molecule has 2 atom stereocenters. The summed E-state index contributed by atoms with van der Waals surface area (Å²) >= 11 is 0. The Bertz CT molecular complexity index is 1090. The minimum absolute atomic E-state index is 0.0408. The van der Waals surface area contributed by atoms with Crippen molar-refractivity contribution in [2.45, 2.75) is 57.8 Å². The van der Waals surface area contributed by atoms with Crippen molar-refractivity contribution in [3.8, 4) is 5.75 Å². The molecule has 0 aliphatic carbocycles. The van der Waals surface area contributed by atoms with Gasteiger partial charge in [0.15, 0.2) is 11.5 Å². The van der Waals surface area contributed by atoms with E-state index in [4.69, 9.17) is 14.2 Å². The summed E-state index contributed by atoms with van der Waals surface area (Å²) < 4.78 is 16.8. The van der Waals surface area contributed by atoms with Crippen LogP contribution >= 0.6 is 0 Å². The molecule has 2 unspecified atom stereocenters. The van der Waals surface area contributed by atoms with Crippen molar-refractivity contribution in [1.29, 1.82) is 0 Å². The van der Waals surface area contributed by atoms with Gasteiger partial charge >= 0.3 is 12.1 Å². The third-order valence-electron chi connectivity index (χ3n) is 5.60. The number of hydrogen-bond donors (Lipinski definition) is 0. The van der Waals surface area contributed by atoms with Crippen LogP contribution in [0.15, 0.2) is 24.3 Å². The maximum absolute atomic E-state index is 13.3. The van der Waals surface area contributed by atoms with Gasteiger partial charge < -0.3 is 14.2 Å². The average Bonchev–Trinajstić information content (AvgIpc) is 3.05. The Morgan fingerprint density at radius 1 is 1.26 bits per heavy atom. The molecule has 3 heterocycles. The number of ether oxygens (including phenoxy) is 3. The van der Waals surface area contributed by atoms with Crippen LogP contribution in [0.2, 0.25) is 0 Å². The number of nitrogens with zero attached hydrogens (tertiary/aromatic N) is 2. The SMILES string of the molecule is COC(=O)C1CC2(CC(=O)c3c(c(C)nc4ccccc34)O2)CN1C(=O)OC(C)(C)C. The number of ketones is 1. The van der Waals surface area contributed by atoms with Gasteiger partial charge in [-0.05, 0) is 33.8 Å². The van der Waals surface area contributed by atoms with Crippen molar-refractivity contribution < 1.29 is 28.6 Å². The molecule has 2 aromatic rings. The number of esters is 1. The number of methoxy groups -OCH3 is 1. The molecule has 0 N–H and O–H groups in total.